The molecule has 0 radical (unpaired) electrons. The first-order chi connectivity index (χ1) is 18.7. The molecule has 0 bridgehead atoms. The van der Waals surface area contributed by atoms with Crippen LogP contribution in [0.4, 0.5) is 14.6 Å². The highest BCUT2D eigenvalue weighted by Gasteiger charge is 2.31. The largest absolute Gasteiger partial charge is 0.390 e. The summed E-state index contributed by atoms with van der Waals surface area (Å²) >= 11 is 0. The van der Waals surface area contributed by atoms with Crippen LogP contribution in [0.15, 0.2) is 30.3 Å². The minimum absolute atomic E-state index is 0.280. The molecule has 3 aromatic heterocycles. The van der Waals surface area contributed by atoms with Crippen molar-refractivity contribution in [3.05, 3.63) is 47.4 Å². The molecule has 2 aliphatic rings. The highest BCUT2D eigenvalue weighted by Crippen LogP contribution is 2.32. The van der Waals surface area contributed by atoms with Crippen LogP contribution in [0.3, 0.4) is 0 Å². The average Bonchev–Trinajstić information content (AvgIpc) is 3.47. The number of aliphatic hydroxyl groups is 1. The van der Waals surface area contributed by atoms with Gasteiger partial charge >= 0.3 is 0 Å². The van der Waals surface area contributed by atoms with E-state index in [0.29, 0.717) is 55.3 Å². The van der Waals surface area contributed by atoms with Crippen LogP contribution in [0.2, 0.25) is 0 Å². The molecular weight excluding hydrogens is 504 g/mol. The minimum atomic E-state index is -2.75. The number of ether oxygens (including phenoxy) is 1. The number of hydrogen-bond acceptors (Lipinski definition) is 7. The maximum atomic E-state index is 14.2. The van der Waals surface area contributed by atoms with Gasteiger partial charge in [0.1, 0.15) is 11.6 Å². The Morgan fingerprint density at radius 3 is 2.49 bits per heavy atom. The molecule has 1 aromatic carbocycles. The summed E-state index contributed by atoms with van der Waals surface area (Å²) in [6.45, 7) is 10.7. The number of aryl methyl sites for hydroxylation is 1. The lowest BCUT2D eigenvalue weighted by Gasteiger charge is -2.37. The van der Waals surface area contributed by atoms with E-state index in [1.54, 1.807) is 18.2 Å². The molecule has 0 spiro atoms. The number of nitrogens with zero attached hydrogens (tertiary/aromatic N) is 7. The molecule has 0 atom stereocenters. The topological polar surface area (TPSA) is 84.0 Å². The van der Waals surface area contributed by atoms with E-state index in [1.165, 1.54) is 4.57 Å². The monoisotopic (exact) mass is 539 g/mol. The lowest BCUT2D eigenvalue weighted by Crippen LogP contribution is -2.41. The summed E-state index contributed by atoms with van der Waals surface area (Å²) in [5, 5.41) is 15.4. The van der Waals surface area contributed by atoms with Crippen LogP contribution in [-0.2, 0) is 11.3 Å². The number of likely N-dealkylation sites (tertiary alicyclic amines) is 1. The van der Waals surface area contributed by atoms with Crippen molar-refractivity contribution in [1.82, 2.24) is 29.0 Å². The Morgan fingerprint density at radius 2 is 1.79 bits per heavy atom. The number of anilines is 1. The summed E-state index contributed by atoms with van der Waals surface area (Å²) in [6, 6.07) is 8.98. The lowest BCUT2D eigenvalue weighted by atomic mass is 9.83. The molecular formula is C28H35F2N7O2. The molecule has 2 fully saturated rings. The van der Waals surface area contributed by atoms with E-state index in [9.17, 15) is 13.9 Å². The van der Waals surface area contributed by atoms with E-state index >= 15 is 0 Å². The number of imidazole rings is 1. The van der Waals surface area contributed by atoms with Crippen molar-refractivity contribution in [2.45, 2.75) is 52.2 Å². The quantitative estimate of drug-likeness (QED) is 0.394. The molecule has 5 heterocycles. The van der Waals surface area contributed by atoms with Gasteiger partial charge in [-0.2, -0.15) is 9.61 Å². The Hall–Kier alpha value is -3.15. The SMILES string of the molecule is Cc1c(CN2CCC(C(C)(C)O)CC2)nn2c(N3CCOCC3)cc(-n3c(C(F)F)nc4ccccc43)nc12. The summed E-state index contributed by atoms with van der Waals surface area (Å²) in [4.78, 5) is 13.7. The minimum Gasteiger partial charge on any atom is -0.390 e. The number of rotatable bonds is 6. The Labute approximate surface area is 226 Å². The zero-order valence-electron chi connectivity index (χ0n) is 22.6. The summed E-state index contributed by atoms with van der Waals surface area (Å²) in [7, 11) is 0. The van der Waals surface area contributed by atoms with E-state index in [1.807, 2.05) is 37.4 Å². The summed E-state index contributed by atoms with van der Waals surface area (Å²) in [6.07, 6.45) is -0.890. The van der Waals surface area contributed by atoms with Crippen LogP contribution >= 0.6 is 0 Å². The predicted octanol–water partition coefficient (Wildman–Crippen LogP) is 4.13. The Morgan fingerprint density at radius 1 is 1.08 bits per heavy atom. The maximum absolute atomic E-state index is 14.2. The first-order valence-corrected chi connectivity index (χ1v) is 13.6. The van der Waals surface area contributed by atoms with Crippen molar-refractivity contribution in [3.63, 3.8) is 0 Å². The Bertz CT molecular complexity index is 1480. The van der Waals surface area contributed by atoms with E-state index in [4.69, 9.17) is 14.8 Å². The number of alkyl halides is 2. The third-order valence-electron chi connectivity index (χ3n) is 8.19. The van der Waals surface area contributed by atoms with E-state index < -0.39 is 12.0 Å². The molecule has 208 valence electrons. The third kappa shape index (κ3) is 4.87. The number of fused-ring (bicyclic) bond motifs is 2. The number of aromatic nitrogens is 5. The number of piperidine rings is 1. The zero-order valence-corrected chi connectivity index (χ0v) is 22.6. The molecule has 0 unspecified atom stereocenters. The van der Waals surface area contributed by atoms with Crippen LogP contribution < -0.4 is 4.90 Å². The fraction of sp³-hybridized carbons (Fsp3) is 0.536. The van der Waals surface area contributed by atoms with Gasteiger partial charge in [0, 0.05) is 31.3 Å². The van der Waals surface area contributed by atoms with Gasteiger partial charge in [0.15, 0.2) is 11.5 Å². The maximum Gasteiger partial charge on any atom is 0.296 e. The highest BCUT2D eigenvalue weighted by atomic mass is 19.3. The number of benzene rings is 1. The Kier molecular flexibility index (Phi) is 6.76. The molecule has 39 heavy (non-hydrogen) atoms. The van der Waals surface area contributed by atoms with Gasteiger partial charge in [0.2, 0.25) is 0 Å². The van der Waals surface area contributed by atoms with Crippen molar-refractivity contribution in [1.29, 1.82) is 0 Å². The highest BCUT2D eigenvalue weighted by molar-refractivity contribution is 5.78. The number of hydrogen-bond donors (Lipinski definition) is 1. The van der Waals surface area contributed by atoms with Crippen LogP contribution in [0.25, 0.3) is 22.5 Å². The Balaban J connectivity index is 1.43. The number of morpholine rings is 1. The summed E-state index contributed by atoms with van der Waals surface area (Å²) in [5.74, 6) is 1.15. The van der Waals surface area contributed by atoms with Crippen LogP contribution in [0.1, 0.15) is 50.2 Å². The molecule has 1 N–H and O–H groups in total. The summed E-state index contributed by atoms with van der Waals surface area (Å²) < 4.78 is 37.3. The predicted molar refractivity (Wildman–Crippen MR) is 145 cm³/mol. The molecule has 0 saturated carbocycles. The first kappa shape index (κ1) is 26.1. The van der Waals surface area contributed by atoms with E-state index in [-0.39, 0.29) is 11.7 Å². The average molecular weight is 540 g/mol. The van der Waals surface area contributed by atoms with Gasteiger partial charge in [-0.3, -0.25) is 9.47 Å². The van der Waals surface area contributed by atoms with Crippen molar-refractivity contribution in [3.8, 4) is 5.82 Å². The molecule has 0 amide bonds. The number of para-hydroxylation sites is 2. The van der Waals surface area contributed by atoms with Gasteiger partial charge in [0.05, 0.1) is 35.5 Å². The van der Waals surface area contributed by atoms with Crippen LogP contribution in [0.5, 0.6) is 0 Å². The third-order valence-corrected chi connectivity index (χ3v) is 8.19. The van der Waals surface area contributed by atoms with Gasteiger partial charge in [0.25, 0.3) is 6.43 Å². The molecule has 2 aliphatic heterocycles. The van der Waals surface area contributed by atoms with E-state index in [0.717, 1.165) is 43.0 Å². The standard InChI is InChI=1S/C28H35F2N7O2/c1-18-21(17-34-10-8-19(9-11-34)28(2,3)38)33-37-24(35-12-14-39-15-13-35)16-23(32-26(18)37)36-22-7-5-4-6-20(22)31-27(36)25(29)30/h4-7,16,19,25,38H,8-15,17H2,1-3H3. The number of halogens is 2. The van der Waals surface area contributed by atoms with Crippen LogP contribution in [-0.4, -0.2) is 79.1 Å². The molecule has 11 heteroatoms. The van der Waals surface area contributed by atoms with Gasteiger partial charge in [-0.25, -0.2) is 18.7 Å². The van der Waals surface area contributed by atoms with Crippen molar-refractivity contribution in [2.24, 2.45) is 5.92 Å². The molecule has 6 rings (SSSR count). The van der Waals surface area contributed by atoms with E-state index in [2.05, 4.69) is 14.8 Å². The van der Waals surface area contributed by atoms with Crippen LogP contribution in [0, 0.1) is 12.8 Å². The lowest BCUT2D eigenvalue weighted by molar-refractivity contribution is -0.0137. The zero-order chi connectivity index (χ0) is 27.3. The second-order valence-electron chi connectivity index (χ2n) is 11.2. The molecule has 9 nitrogen and oxygen atoms in total. The fourth-order valence-electron chi connectivity index (χ4n) is 5.86. The van der Waals surface area contributed by atoms with Gasteiger partial charge in [-0.1, -0.05) is 12.1 Å². The van der Waals surface area contributed by atoms with Crippen molar-refractivity contribution < 1.29 is 18.6 Å². The fourth-order valence-corrected chi connectivity index (χ4v) is 5.86. The van der Waals surface area contributed by atoms with Gasteiger partial charge in [-0.05, 0) is 64.8 Å². The normalized spacial score (nSPS) is 18.2. The molecule has 4 aromatic rings. The first-order valence-electron chi connectivity index (χ1n) is 13.6. The molecule has 2 saturated heterocycles. The smallest absolute Gasteiger partial charge is 0.296 e. The summed E-state index contributed by atoms with van der Waals surface area (Å²) in [5.41, 5.74) is 2.91. The van der Waals surface area contributed by atoms with Crippen molar-refractivity contribution >= 4 is 22.5 Å². The van der Waals surface area contributed by atoms with Gasteiger partial charge in [-0.15, -0.1) is 0 Å². The second-order valence-corrected chi connectivity index (χ2v) is 11.2. The second kappa shape index (κ2) is 10.1. The molecule has 0 aliphatic carbocycles. The van der Waals surface area contributed by atoms with Gasteiger partial charge < -0.3 is 14.7 Å². The van der Waals surface area contributed by atoms with Crippen molar-refractivity contribution in [2.75, 3.05) is 44.3 Å².